The molecule has 3 N–H and O–H groups in total. The van der Waals surface area contributed by atoms with Crippen LogP contribution in [0.2, 0.25) is 0 Å². The molecule has 7 nitrogen and oxygen atoms in total. The van der Waals surface area contributed by atoms with Crippen molar-refractivity contribution in [3.05, 3.63) is 11.6 Å². The van der Waals surface area contributed by atoms with E-state index in [0.717, 1.165) is 12.8 Å². The number of nitrogens with two attached hydrogens (primary N) is 1. The summed E-state index contributed by atoms with van der Waals surface area (Å²) in [5.74, 6) is 0.00967. The van der Waals surface area contributed by atoms with Crippen molar-refractivity contribution in [2.75, 3.05) is 18.9 Å². The molecule has 1 aliphatic rings. The Morgan fingerprint density at radius 2 is 2.32 bits per heavy atom. The Balaban J connectivity index is 2.12. The number of sulfonamides is 1. The van der Waals surface area contributed by atoms with E-state index in [4.69, 9.17) is 10.8 Å². The third kappa shape index (κ3) is 2.02. The number of hydrogen-bond donors (Lipinski definition) is 2. The lowest BCUT2D eigenvalue weighted by Gasteiger charge is -2.20. The van der Waals surface area contributed by atoms with E-state index in [-0.39, 0.29) is 30.0 Å². The Hall–Kier alpha value is -1.16. The standard InChI is InChI=1S/C10H14N4O3S2/c11-8-9(13-4-6-18-10(13)12-8)19(16,17)14(3-5-15)7-1-2-7/h4,6-7,15H,1-3,5,11H2. The number of anilines is 1. The Labute approximate surface area is 114 Å². The van der Waals surface area contributed by atoms with Crippen molar-refractivity contribution in [1.29, 1.82) is 0 Å². The molecule has 0 saturated heterocycles. The van der Waals surface area contributed by atoms with Gasteiger partial charge in [-0.3, -0.25) is 4.40 Å². The van der Waals surface area contributed by atoms with E-state index in [2.05, 4.69) is 4.98 Å². The van der Waals surface area contributed by atoms with Crippen LogP contribution >= 0.6 is 11.3 Å². The van der Waals surface area contributed by atoms with E-state index in [1.54, 1.807) is 11.6 Å². The summed E-state index contributed by atoms with van der Waals surface area (Å²) in [5, 5.41) is 10.8. The van der Waals surface area contributed by atoms with E-state index >= 15 is 0 Å². The molecule has 0 atom stereocenters. The zero-order valence-electron chi connectivity index (χ0n) is 10.1. The number of aromatic nitrogens is 2. The fraction of sp³-hybridized carbons (Fsp3) is 0.500. The van der Waals surface area contributed by atoms with Crippen LogP contribution in [0.4, 0.5) is 5.82 Å². The number of aliphatic hydroxyl groups excluding tert-OH is 1. The second-order valence-electron chi connectivity index (χ2n) is 4.43. The van der Waals surface area contributed by atoms with E-state index in [0.29, 0.717) is 4.96 Å². The summed E-state index contributed by atoms with van der Waals surface area (Å²) in [4.78, 5) is 4.60. The van der Waals surface area contributed by atoms with Gasteiger partial charge in [0.25, 0.3) is 10.0 Å². The molecule has 2 aromatic heterocycles. The lowest BCUT2D eigenvalue weighted by molar-refractivity contribution is 0.250. The van der Waals surface area contributed by atoms with E-state index in [9.17, 15) is 8.42 Å². The first kappa shape index (κ1) is 12.9. The molecule has 9 heteroatoms. The molecule has 0 spiro atoms. The first-order valence-corrected chi connectivity index (χ1v) is 8.21. The van der Waals surface area contributed by atoms with Gasteiger partial charge < -0.3 is 10.8 Å². The van der Waals surface area contributed by atoms with Crippen molar-refractivity contribution >= 4 is 32.1 Å². The lowest BCUT2D eigenvalue weighted by atomic mass is 10.6. The zero-order chi connectivity index (χ0) is 13.6. The van der Waals surface area contributed by atoms with Crippen molar-refractivity contribution < 1.29 is 13.5 Å². The highest BCUT2D eigenvalue weighted by Gasteiger charge is 2.40. The molecule has 19 heavy (non-hydrogen) atoms. The van der Waals surface area contributed by atoms with Crippen LogP contribution in [0.25, 0.3) is 4.96 Å². The Morgan fingerprint density at radius 1 is 1.58 bits per heavy atom. The van der Waals surface area contributed by atoms with Gasteiger partial charge in [0.05, 0.1) is 6.61 Å². The predicted octanol–water partition coefficient (Wildman–Crippen LogP) is 0.123. The molecule has 0 aliphatic heterocycles. The number of rotatable bonds is 5. The number of nitrogen functional groups attached to an aromatic ring is 1. The van der Waals surface area contributed by atoms with Crippen molar-refractivity contribution in [3.8, 4) is 0 Å². The zero-order valence-corrected chi connectivity index (χ0v) is 11.7. The van der Waals surface area contributed by atoms with Gasteiger partial charge in [-0.25, -0.2) is 13.4 Å². The maximum atomic E-state index is 12.7. The largest absolute Gasteiger partial charge is 0.395 e. The van der Waals surface area contributed by atoms with Gasteiger partial charge in [-0.15, -0.1) is 11.3 Å². The number of hydrogen-bond acceptors (Lipinski definition) is 6. The minimum Gasteiger partial charge on any atom is -0.395 e. The minimum absolute atomic E-state index is 0.00380. The van der Waals surface area contributed by atoms with Gasteiger partial charge in [0.1, 0.15) is 0 Å². The molecule has 0 amide bonds. The molecule has 0 bridgehead atoms. The normalized spacial score (nSPS) is 16.5. The second-order valence-corrected chi connectivity index (χ2v) is 7.11. The van der Waals surface area contributed by atoms with Gasteiger partial charge in [0.2, 0.25) is 0 Å². The average molecular weight is 302 g/mol. The quantitative estimate of drug-likeness (QED) is 0.817. The molecule has 2 aromatic rings. The van der Waals surface area contributed by atoms with Crippen LogP contribution in [0.3, 0.4) is 0 Å². The summed E-state index contributed by atoms with van der Waals surface area (Å²) < 4.78 is 28.2. The first-order valence-electron chi connectivity index (χ1n) is 5.89. The highest BCUT2D eigenvalue weighted by atomic mass is 32.2. The molecular weight excluding hydrogens is 288 g/mol. The molecule has 0 unspecified atom stereocenters. The van der Waals surface area contributed by atoms with E-state index < -0.39 is 10.0 Å². The summed E-state index contributed by atoms with van der Waals surface area (Å²) in [6, 6.07) is -0.0271. The Bertz CT molecular complexity index is 701. The number of thiazole rings is 1. The summed E-state index contributed by atoms with van der Waals surface area (Å²) >= 11 is 1.33. The van der Waals surface area contributed by atoms with Gasteiger partial charge in [0.15, 0.2) is 15.8 Å². The summed E-state index contributed by atoms with van der Waals surface area (Å²) in [5.41, 5.74) is 5.74. The number of imidazole rings is 1. The third-order valence-corrected chi connectivity index (χ3v) is 5.82. The van der Waals surface area contributed by atoms with Crippen LogP contribution in [0.5, 0.6) is 0 Å². The van der Waals surface area contributed by atoms with Gasteiger partial charge in [-0.1, -0.05) is 0 Å². The molecule has 1 fully saturated rings. The van der Waals surface area contributed by atoms with Crippen LogP contribution < -0.4 is 5.73 Å². The van der Waals surface area contributed by atoms with Crippen LogP contribution in [0, 0.1) is 0 Å². The fourth-order valence-corrected chi connectivity index (χ4v) is 4.74. The highest BCUT2D eigenvalue weighted by molar-refractivity contribution is 7.89. The van der Waals surface area contributed by atoms with Gasteiger partial charge >= 0.3 is 0 Å². The van der Waals surface area contributed by atoms with Gasteiger partial charge in [-0.05, 0) is 12.8 Å². The van der Waals surface area contributed by atoms with E-state index in [1.807, 2.05) is 0 Å². The fourth-order valence-electron chi connectivity index (χ4n) is 2.11. The third-order valence-electron chi connectivity index (χ3n) is 3.07. The van der Waals surface area contributed by atoms with Crippen LogP contribution in [0.15, 0.2) is 16.6 Å². The average Bonchev–Trinajstić information content (AvgIpc) is 2.99. The summed E-state index contributed by atoms with van der Waals surface area (Å²) in [6.07, 6.45) is 3.29. The van der Waals surface area contributed by atoms with Crippen LogP contribution in [-0.2, 0) is 10.0 Å². The maximum Gasteiger partial charge on any atom is 0.263 e. The lowest BCUT2D eigenvalue weighted by Crippen LogP contribution is -2.36. The number of fused-ring (bicyclic) bond motifs is 1. The molecule has 0 aromatic carbocycles. The van der Waals surface area contributed by atoms with Gasteiger partial charge in [-0.2, -0.15) is 4.31 Å². The molecule has 3 rings (SSSR count). The molecule has 104 valence electrons. The van der Waals surface area contributed by atoms with E-state index in [1.165, 1.54) is 20.0 Å². The number of nitrogens with zero attached hydrogens (tertiary/aromatic N) is 3. The highest BCUT2D eigenvalue weighted by Crippen LogP contribution is 2.34. The molecule has 1 saturated carbocycles. The van der Waals surface area contributed by atoms with Crippen molar-refractivity contribution in [3.63, 3.8) is 0 Å². The topological polar surface area (TPSA) is 101 Å². The van der Waals surface area contributed by atoms with Crippen LogP contribution in [-0.4, -0.2) is 46.4 Å². The minimum atomic E-state index is -3.73. The van der Waals surface area contributed by atoms with Gasteiger partial charge in [0, 0.05) is 24.2 Å². The smallest absolute Gasteiger partial charge is 0.263 e. The first-order chi connectivity index (χ1) is 9.05. The molecular formula is C10H14N4O3S2. The van der Waals surface area contributed by atoms with Crippen molar-refractivity contribution in [2.45, 2.75) is 23.9 Å². The molecule has 2 heterocycles. The predicted molar refractivity (Wildman–Crippen MR) is 71.5 cm³/mol. The summed E-state index contributed by atoms with van der Waals surface area (Å²) in [6.45, 7) is -0.120. The Kier molecular flexibility index (Phi) is 3.01. The second kappa shape index (κ2) is 4.44. The Morgan fingerprint density at radius 3 is 2.95 bits per heavy atom. The SMILES string of the molecule is Nc1nc2sccn2c1S(=O)(=O)N(CCO)C1CC1. The maximum absolute atomic E-state index is 12.7. The van der Waals surface area contributed by atoms with Crippen molar-refractivity contribution in [2.24, 2.45) is 0 Å². The number of aliphatic hydroxyl groups is 1. The monoisotopic (exact) mass is 302 g/mol. The van der Waals surface area contributed by atoms with Crippen LogP contribution in [0.1, 0.15) is 12.8 Å². The molecule has 1 aliphatic carbocycles. The molecule has 0 radical (unpaired) electrons. The van der Waals surface area contributed by atoms with Crippen molar-refractivity contribution in [1.82, 2.24) is 13.7 Å². The summed E-state index contributed by atoms with van der Waals surface area (Å²) in [7, 11) is -3.73.